The van der Waals surface area contributed by atoms with Crippen LogP contribution in [-0.2, 0) is 0 Å². The maximum absolute atomic E-state index is 2.44. The molecule has 0 aromatic carbocycles. The zero-order valence-electron chi connectivity index (χ0n) is 9.19. The van der Waals surface area contributed by atoms with Crippen molar-refractivity contribution in [3.05, 3.63) is 0 Å². The van der Waals surface area contributed by atoms with Gasteiger partial charge >= 0.3 is 0 Å². The summed E-state index contributed by atoms with van der Waals surface area (Å²) in [5.74, 6) is 2.04. The monoisotopic (exact) mass is 168 g/mol. The van der Waals surface area contributed by atoms with Crippen molar-refractivity contribution in [2.75, 3.05) is 0 Å². The highest BCUT2D eigenvalue weighted by Gasteiger charge is 2.35. The van der Waals surface area contributed by atoms with Gasteiger partial charge in [-0.15, -0.1) is 0 Å². The van der Waals surface area contributed by atoms with E-state index in [1.165, 1.54) is 32.1 Å². The van der Waals surface area contributed by atoms with Gasteiger partial charge in [-0.2, -0.15) is 0 Å². The quantitative estimate of drug-likeness (QED) is 0.588. The van der Waals surface area contributed by atoms with E-state index in [2.05, 4.69) is 27.7 Å². The Kier molecular flexibility index (Phi) is 3.20. The van der Waals surface area contributed by atoms with Crippen molar-refractivity contribution in [2.24, 2.45) is 17.3 Å². The van der Waals surface area contributed by atoms with Gasteiger partial charge in [0.25, 0.3) is 0 Å². The SMILES string of the molecule is CCC(C1CCC1)C(C)(C)CC. The molecule has 0 saturated heterocycles. The van der Waals surface area contributed by atoms with E-state index < -0.39 is 0 Å². The van der Waals surface area contributed by atoms with Gasteiger partial charge in [0.05, 0.1) is 0 Å². The van der Waals surface area contributed by atoms with Crippen LogP contribution in [0.4, 0.5) is 0 Å². The minimum absolute atomic E-state index is 0.583. The number of hydrogen-bond acceptors (Lipinski definition) is 0. The Morgan fingerprint density at radius 2 is 1.83 bits per heavy atom. The standard InChI is InChI=1S/C12H24/c1-5-11(10-8-7-9-10)12(3,4)6-2/h10-11H,5-9H2,1-4H3. The first-order valence-electron chi connectivity index (χ1n) is 5.61. The molecule has 0 aliphatic heterocycles. The molecule has 1 aliphatic carbocycles. The molecule has 0 nitrogen and oxygen atoms in total. The molecular weight excluding hydrogens is 144 g/mol. The highest BCUT2D eigenvalue weighted by molar-refractivity contribution is 4.85. The molecular formula is C12H24. The average Bonchev–Trinajstić information content (AvgIpc) is 1.96. The maximum atomic E-state index is 2.44. The molecule has 0 aromatic rings. The molecule has 0 heterocycles. The molecule has 1 fully saturated rings. The first-order chi connectivity index (χ1) is 5.61. The summed E-state index contributed by atoms with van der Waals surface area (Å²) >= 11 is 0. The largest absolute Gasteiger partial charge is 0.0651 e. The van der Waals surface area contributed by atoms with E-state index in [4.69, 9.17) is 0 Å². The lowest BCUT2D eigenvalue weighted by Gasteiger charge is -2.43. The second-order valence-corrected chi connectivity index (χ2v) is 5.05. The molecule has 0 heteroatoms. The van der Waals surface area contributed by atoms with Crippen LogP contribution in [-0.4, -0.2) is 0 Å². The summed E-state index contributed by atoms with van der Waals surface area (Å²) in [4.78, 5) is 0. The van der Waals surface area contributed by atoms with Gasteiger partial charge in [-0.1, -0.05) is 59.8 Å². The molecule has 1 saturated carbocycles. The third kappa shape index (κ3) is 1.84. The fourth-order valence-corrected chi connectivity index (χ4v) is 2.63. The molecule has 12 heavy (non-hydrogen) atoms. The fraction of sp³-hybridized carbons (Fsp3) is 1.00. The van der Waals surface area contributed by atoms with Crippen LogP contribution in [0, 0.1) is 17.3 Å². The molecule has 0 aromatic heterocycles. The van der Waals surface area contributed by atoms with Crippen molar-refractivity contribution in [3.8, 4) is 0 Å². The summed E-state index contributed by atoms with van der Waals surface area (Å²) in [6, 6.07) is 0. The van der Waals surface area contributed by atoms with Crippen molar-refractivity contribution in [1.82, 2.24) is 0 Å². The zero-order valence-corrected chi connectivity index (χ0v) is 9.19. The lowest BCUT2D eigenvalue weighted by molar-refractivity contribution is 0.0762. The van der Waals surface area contributed by atoms with E-state index in [9.17, 15) is 0 Å². The lowest BCUT2D eigenvalue weighted by Crippen LogP contribution is -2.33. The summed E-state index contributed by atoms with van der Waals surface area (Å²) in [5.41, 5.74) is 0.583. The average molecular weight is 168 g/mol. The highest BCUT2D eigenvalue weighted by atomic mass is 14.4. The smallest absolute Gasteiger partial charge is 0.0326 e. The maximum Gasteiger partial charge on any atom is -0.0326 e. The molecule has 1 unspecified atom stereocenters. The van der Waals surface area contributed by atoms with Crippen molar-refractivity contribution < 1.29 is 0 Å². The van der Waals surface area contributed by atoms with E-state index in [0.717, 1.165) is 11.8 Å². The topological polar surface area (TPSA) is 0 Å². The van der Waals surface area contributed by atoms with Crippen molar-refractivity contribution in [2.45, 2.75) is 59.8 Å². The Labute approximate surface area is 77.7 Å². The Bertz CT molecular complexity index is 131. The molecule has 1 aliphatic rings. The molecule has 1 atom stereocenters. The zero-order chi connectivity index (χ0) is 9.19. The molecule has 0 spiro atoms. The first kappa shape index (κ1) is 10.1. The third-order valence-corrected chi connectivity index (χ3v) is 4.07. The molecule has 0 N–H and O–H groups in total. The summed E-state index contributed by atoms with van der Waals surface area (Å²) < 4.78 is 0. The van der Waals surface area contributed by atoms with Gasteiger partial charge in [-0.25, -0.2) is 0 Å². The van der Waals surface area contributed by atoms with Crippen LogP contribution in [0.5, 0.6) is 0 Å². The Morgan fingerprint density at radius 3 is 2.08 bits per heavy atom. The van der Waals surface area contributed by atoms with Crippen LogP contribution >= 0.6 is 0 Å². The van der Waals surface area contributed by atoms with Crippen LogP contribution < -0.4 is 0 Å². The first-order valence-corrected chi connectivity index (χ1v) is 5.61. The summed E-state index contributed by atoms with van der Waals surface area (Å²) in [5, 5.41) is 0. The van der Waals surface area contributed by atoms with Crippen molar-refractivity contribution in [3.63, 3.8) is 0 Å². The highest BCUT2D eigenvalue weighted by Crippen LogP contribution is 2.45. The molecule has 1 rings (SSSR count). The second kappa shape index (κ2) is 3.81. The second-order valence-electron chi connectivity index (χ2n) is 5.05. The number of rotatable bonds is 4. The Balaban J connectivity index is 2.53. The van der Waals surface area contributed by atoms with E-state index in [1.54, 1.807) is 0 Å². The van der Waals surface area contributed by atoms with E-state index in [-0.39, 0.29) is 0 Å². The predicted molar refractivity (Wildman–Crippen MR) is 55.2 cm³/mol. The summed E-state index contributed by atoms with van der Waals surface area (Å²) in [6.07, 6.45) is 7.21. The van der Waals surface area contributed by atoms with Gasteiger partial charge in [0.15, 0.2) is 0 Å². The van der Waals surface area contributed by atoms with Gasteiger partial charge in [-0.3, -0.25) is 0 Å². The third-order valence-electron chi connectivity index (χ3n) is 4.07. The van der Waals surface area contributed by atoms with Gasteiger partial charge in [0.1, 0.15) is 0 Å². The van der Waals surface area contributed by atoms with E-state index in [1.807, 2.05) is 0 Å². The van der Waals surface area contributed by atoms with E-state index in [0.29, 0.717) is 5.41 Å². The molecule has 72 valence electrons. The summed E-state index contributed by atoms with van der Waals surface area (Å²) in [7, 11) is 0. The van der Waals surface area contributed by atoms with Crippen LogP contribution in [0.3, 0.4) is 0 Å². The van der Waals surface area contributed by atoms with Gasteiger partial charge in [-0.05, 0) is 17.3 Å². The van der Waals surface area contributed by atoms with Crippen molar-refractivity contribution in [1.29, 1.82) is 0 Å². The number of hydrogen-bond donors (Lipinski definition) is 0. The lowest BCUT2D eigenvalue weighted by atomic mass is 9.63. The minimum atomic E-state index is 0.583. The Morgan fingerprint density at radius 1 is 1.25 bits per heavy atom. The molecule has 0 amide bonds. The van der Waals surface area contributed by atoms with Crippen LogP contribution in [0.1, 0.15) is 59.8 Å². The van der Waals surface area contributed by atoms with Crippen LogP contribution in [0.2, 0.25) is 0 Å². The normalized spacial score (nSPS) is 22.0. The molecule has 0 radical (unpaired) electrons. The fourth-order valence-electron chi connectivity index (χ4n) is 2.63. The summed E-state index contributed by atoms with van der Waals surface area (Å²) in [6.45, 7) is 9.58. The molecule has 0 bridgehead atoms. The minimum Gasteiger partial charge on any atom is -0.0651 e. The van der Waals surface area contributed by atoms with Gasteiger partial charge < -0.3 is 0 Å². The van der Waals surface area contributed by atoms with Crippen LogP contribution in [0.25, 0.3) is 0 Å². The Hall–Kier alpha value is 0. The van der Waals surface area contributed by atoms with Crippen molar-refractivity contribution >= 4 is 0 Å². The van der Waals surface area contributed by atoms with Gasteiger partial charge in [0, 0.05) is 0 Å². The predicted octanol–water partition coefficient (Wildman–Crippen LogP) is 4.25. The van der Waals surface area contributed by atoms with Crippen LogP contribution in [0.15, 0.2) is 0 Å². The van der Waals surface area contributed by atoms with E-state index >= 15 is 0 Å². The van der Waals surface area contributed by atoms with Gasteiger partial charge in [0.2, 0.25) is 0 Å².